The smallest absolute Gasteiger partial charge is 0.240 e. The van der Waals surface area contributed by atoms with E-state index in [1.807, 2.05) is 38.4 Å². The highest BCUT2D eigenvalue weighted by molar-refractivity contribution is 7.89. The Morgan fingerprint density at radius 1 is 1.16 bits per heavy atom. The van der Waals surface area contributed by atoms with E-state index in [1.54, 1.807) is 31.4 Å². The number of nitrogens with zero attached hydrogens (tertiary/aromatic N) is 1. The Morgan fingerprint density at radius 3 is 2.48 bits per heavy atom. The molecule has 1 aliphatic carbocycles. The van der Waals surface area contributed by atoms with Gasteiger partial charge in [0, 0.05) is 19.0 Å². The van der Waals surface area contributed by atoms with Crippen molar-refractivity contribution in [1.29, 1.82) is 0 Å². The van der Waals surface area contributed by atoms with Crippen LogP contribution in [0.4, 0.5) is 0 Å². The van der Waals surface area contributed by atoms with Crippen molar-refractivity contribution in [3.8, 4) is 5.75 Å². The second-order valence-electron chi connectivity index (χ2n) is 8.10. The van der Waals surface area contributed by atoms with Crippen molar-refractivity contribution in [3.05, 3.63) is 59.7 Å². The number of hydrogen-bond acceptors (Lipinski definition) is 5. The minimum Gasteiger partial charge on any atom is -0.497 e. The number of methoxy groups -OCH3 is 1. The lowest BCUT2D eigenvalue weighted by Crippen LogP contribution is -2.34. The van der Waals surface area contributed by atoms with Gasteiger partial charge in [-0.1, -0.05) is 24.3 Å². The molecule has 0 bridgehead atoms. The number of benzene rings is 2. The molecule has 2 aromatic carbocycles. The predicted octanol–water partition coefficient (Wildman–Crippen LogP) is 2.49. The van der Waals surface area contributed by atoms with E-state index in [0.717, 1.165) is 29.7 Å². The number of likely N-dealkylation sites (N-methyl/N-ethyl adjacent to an activating group) is 1. The minimum atomic E-state index is -3.45. The molecule has 168 valence electrons. The molecule has 31 heavy (non-hydrogen) atoms. The first-order valence-corrected chi connectivity index (χ1v) is 11.9. The van der Waals surface area contributed by atoms with Gasteiger partial charge in [-0.15, -0.1) is 0 Å². The standard InChI is InChI=1S/C23H31N3O4S/c1-26(2)22(18-5-4-6-20(15-18)30-3)16-24-23(27)14-9-17-7-12-21(13-8-17)31(28,29)25-19-10-11-19/h4-8,12-13,15,19,22,25H,9-11,14,16H2,1-3H3,(H,24,27). The summed E-state index contributed by atoms with van der Waals surface area (Å²) in [5, 5.41) is 3.01. The highest BCUT2D eigenvalue weighted by Gasteiger charge is 2.27. The summed E-state index contributed by atoms with van der Waals surface area (Å²) in [4.78, 5) is 14.7. The molecule has 1 aliphatic rings. The average molecular weight is 446 g/mol. The summed E-state index contributed by atoms with van der Waals surface area (Å²) in [7, 11) is 2.14. The van der Waals surface area contributed by atoms with Gasteiger partial charge in [-0.05, 0) is 68.8 Å². The lowest BCUT2D eigenvalue weighted by atomic mass is 10.1. The topological polar surface area (TPSA) is 87.7 Å². The molecule has 3 rings (SSSR count). The van der Waals surface area contributed by atoms with Crippen LogP contribution in [0.5, 0.6) is 5.75 Å². The maximum absolute atomic E-state index is 12.4. The Kier molecular flexibility index (Phi) is 7.69. The Hall–Kier alpha value is -2.42. The van der Waals surface area contributed by atoms with Gasteiger partial charge in [0.1, 0.15) is 5.75 Å². The van der Waals surface area contributed by atoms with Crippen LogP contribution >= 0.6 is 0 Å². The third-order valence-corrected chi connectivity index (χ3v) is 6.90. The number of carbonyl (C=O) groups is 1. The SMILES string of the molecule is COc1cccc(C(CNC(=O)CCc2ccc(S(=O)(=O)NC3CC3)cc2)N(C)C)c1. The summed E-state index contributed by atoms with van der Waals surface area (Å²) >= 11 is 0. The molecule has 1 saturated carbocycles. The first kappa shape index (κ1) is 23.2. The van der Waals surface area contributed by atoms with Gasteiger partial charge >= 0.3 is 0 Å². The number of ether oxygens (including phenoxy) is 1. The highest BCUT2D eigenvalue weighted by Crippen LogP contribution is 2.23. The van der Waals surface area contributed by atoms with E-state index in [2.05, 4.69) is 14.9 Å². The van der Waals surface area contributed by atoms with Crippen molar-refractivity contribution in [1.82, 2.24) is 14.9 Å². The fraction of sp³-hybridized carbons (Fsp3) is 0.435. The zero-order valence-corrected chi connectivity index (χ0v) is 19.1. The second kappa shape index (κ2) is 10.3. The number of carbonyl (C=O) groups excluding carboxylic acids is 1. The molecule has 1 atom stereocenters. The summed E-state index contributed by atoms with van der Waals surface area (Å²) in [6, 6.07) is 14.7. The molecule has 0 saturated heterocycles. The molecule has 1 unspecified atom stereocenters. The molecule has 8 heteroatoms. The maximum Gasteiger partial charge on any atom is 0.240 e. The molecule has 7 nitrogen and oxygen atoms in total. The van der Waals surface area contributed by atoms with Gasteiger partial charge in [0.15, 0.2) is 0 Å². The molecule has 2 aromatic rings. The van der Waals surface area contributed by atoms with E-state index in [1.165, 1.54) is 0 Å². The van der Waals surface area contributed by atoms with Crippen LogP contribution in [0.25, 0.3) is 0 Å². The van der Waals surface area contributed by atoms with Crippen LogP contribution < -0.4 is 14.8 Å². The van der Waals surface area contributed by atoms with E-state index in [9.17, 15) is 13.2 Å². The third-order valence-electron chi connectivity index (χ3n) is 5.37. The highest BCUT2D eigenvalue weighted by atomic mass is 32.2. The average Bonchev–Trinajstić information content (AvgIpc) is 3.56. The predicted molar refractivity (Wildman–Crippen MR) is 121 cm³/mol. The van der Waals surface area contributed by atoms with Gasteiger partial charge in [0.2, 0.25) is 15.9 Å². The van der Waals surface area contributed by atoms with Crippen LogP contribution in [0.3, 0.4) is 0 Å². The molecule has 0 spiro atoms. The van der Waals surface area contributed by atoms with E-state index < -0.39 is 10.0 Å². The van der Waals surface area contributed by atoms with Gasteiger partial charge in [0.05, 0.1) is 18.0 Å². The molecule has 2 N–H and O–H groups in total. The van der Waals surface area contributed by atoms with Gasteiger partial charge in [-0.2, -0.15) is 0 Å². The van der Waals surface area contributed by atoms with Crippen LogP contribution in [0.15, 0.2) is 53.4 Å². The lowest BCUT2D eigenvalue weighted by molar-refractivity contribution is -0.121. The van der Waals surface area contributed by atoms with Crippen molar-refractivity contribution in [2.24, 2.45) is 0 Å². The van der Waals surface area contributed by atoms with Crippen LogP contribution in [-0.4, -0.2) is 53.0 Å². The molecule has 1 amide bonds. The van der Waals surface area contributed by atoms with Crippen molar-refractivity contribution in [2.45, 2.75) is 42.7 Å². The van der Waals surface area contributed by atoms with Crippen LogP contribution in [0, 0.1) is 0 Å². The van der Waals surface area contributed by atoms with Crippen LogP contribution in [0.1, 0.15) is 36.4 Å². The van der Waals surface area contributed by atoms with E-state index in [4.69, 9.17) is 4.74 Å². The van der Waals surface area contributed by atoms with Crippen LogP contribution in [-0.2, 0) is 21.2 Å². The van der Waals surface area contributed by atoms with E-state index in [-0.39, 0.29) is 22.9 Å². The largest absolute Gasteiger partial charge is 0.497 e. The van der Waals surface area contributed by atoms with Crippen molar-refractivity contribution in [3.63, 3.8) is 0 Å². The number of rotatable bonds is 11. The minimum absolute atomic E-state index is 0.0301. The first-order valence-electron chi connectivity index (χ1n) is 10.5. The Bertz CT molecular complexity index is 986. The zero-order valence-electron chi connectivity index (χ0n) is 18.3. The maximum atomic E-state index is 12.4. The third kappa shape index (κ3) is 6.78. The van der Waals surface area contributed by atoms with Gasteiger partial charge in [-0.3, -0.25) is 4.79 Å². The summed E-state index contributed by atoms with van der Waals surface area (Å²) in [6.07, 6.45) is 2.69. The monoisotopic (exact) mass is 445 g/mol. The molecule has 0 heterocycles. The quantitative estimate of drug-likeness (QED) is 0.555. The summed E-state index contributed by atoms with van der Waals surface area (Å²) < 4.78 is 32.4. The number of sulfonamides is 1. The Morgan fingerprint density at radius 2 is 1.87 bits per heavy atom. The van der Waals surface area contributed by atoms with Gasteiger partial charge in [-0.25, -0.2) is 13.1 Å². The summed E-state index contributed by atoms with van der Waals surface area (Å²) in [5.74, 6) is 0.746. The van der Waals surface area contributed by atoms with E-state index in [0.29, 0.717) is 19.4 Å². The van der Waals surface area contributed by atoms with Crippen molar-refractivity contribution < 1.29 is 17.9 Å². The van der Waals surface area contributed by atoms with E-state index >= 15 is 0 Å². The summed E-state index contributed by atoms with van der Waals surface area (Å²) in [6.45, 7) is 0.489. The van der Waals surface area contributed by atoms with Crippen molar-refractivity contribution in [2.75, 3.05) is 27.7 Å². The molecule has 0 aliphatic heterocycles. The summed E-state index contributed by atoms with van der Waals surface area (Å²) in [5.41, 5.74) is 2.00. The number of amides is 1. The van der Waals surface area contributed by atoms with Gasteiger partial charge in [0.25, 0.3) is 0 Å². The Labute approximate surface area is 184 Å². The number of aryl methyl sites for hydroxylation is 1. The Balaban J connectivity index is 1.50. The molecular formula is C23H31N3O4S. The molecule has 1 fully saturated rings. The number of nitrogens with one attached hydrogen (secondary N) is 2. The zero-order chi connectivity index (χ0) is 22.4. The number of hydrogen-bond donors (Lipinski definition) is 2. The molecular weight excluding hydrogens is 414 g/mol. The van der Waals surface area contributed by atoms with Crippen molar-refractivity contribution >= 4 is 15.9 Å². The molecule has 0 aromatic heterocycles. The van der Waals surface area contributed by atoms with Crippen LogP contribution in [0.2, 0.25) is 0 Å². The first-order chi connectivity index (χ1) is 14.8. The lowest BCUT2D eigenvalue weighted by Gasteiger charge is -2.25. The van der Waals surface area contributed by atoms with Gasteiger partial charge < -0.3 is 15.0 Å². The fourth-order valence-corrected chi connectivity index (χ4v) is 4.63. The second-order valence-corrected chi connectivity index (χ2v) is 9.81. The molecule has 0 radical (unpaired) electrons. The normalized spacial score (nSPS) is 15.0. The fourth-order valence-electron chi connectivity index (χ4n) is 3.33.